The molecule has 0 bridgehead atoms. The van der Waals surface area contributed by atoms with Crippen molar-refractivity contribution in [3.63, 3.8) is 0 Å². The van der Waals surface area contributed by atoms with E-state index in [1.165, 1.54) is 13.8 Å². The lowest BCUT2D eigenvalue weighted by molar-refractivity contribution is -0.133. The predicted octanol–water partition coefficient (Wildman–Crippen LogP) is 1.29. The lowest BCUT2D eigenvalue weighted by Crippen LogP contribution is -2.56. The van der Waals surface area contributed by atoms with Crippen molar-refractivity contribution in [3.05, 3.63) is 0 Å². The van der Waals surface area contributed by atoms with Crippen LogP contribution in [0.5, 0.6) is 0 Å². The van der Waals surface area contributed by atoms with Gasteiger partial charge >= 0.3 is 0 Å². The average molecular weight is 215 g/mol. The molecule has 0 aromatic carbocycles. The lowest BCUT2D eigenvalue weighted by atomic mass is 9.86. The van der Waals surface area contributed by atoms with Crippen LogP contribution in [-0.4, -0.2) is 30.4 Å². The van der Waals surface area contributed by atoms with Gasteiger partial charge in [-0.3, -0.25) is 9.59 Å². The smallest absolute Gasteiger partial charge is 0.217 e. The standard InChI is InChI=1S/C9H15NO3.C2H6/c1-7(11)9(10-8(2)12)3-5-13-6-4-9;1-2/h3-6H2,1-2H3,(H,10,12);1-2H3. The number of Topliss-reactive ketones (excluding diaryl/α,β-unsaturated/α-hetero) is 1. The number of carbonyl (C=O) groups excluding carboxylic acids is 2. The van der Waals surface area contributed by atoms with E-state index in [0.717, 1.165) is 0 Å². The molecule has 1 amide bonds. The molecule has 1 fully saturated rings. The van der Waals surface area contributed by atoms with Gasteiger partial charge in [0.1, 0.15) is 5.54 Å². The minimum atomic E-state index is -0.663. The first-order chi connectivity index (χ1) is 7.07. The van der Waals surface area contributed by atoms with Crippen molar-refractivity contribution < 1.29 is 14.3 Å². The Morgan fingerprint density at radius 2 is 1.60 bits per heavy atom. The first-order valence-corrected chi connectivity index (χ1v) is 5.44. The molecule has 0 unspecified atom stereocenters. The molecule has 4 nitrogen and oxygen atoms in total. The largest absolute Gasteiger partial charge is 0.381 e. The Bertz CT molecular complexity index is 220. The van der Waals surface area contributed by atoms with Crippen molar-refractivity contribution >= 4 is 11.7 Å². The van der Waals surface area contributed by atoms with Crippen LogP contribution in [0.25, 0.3) is 0 Å². The van der Waals surface area contributed by atoms with Gasteiger partial charge in [-0.2, -0.15) is 0 Å². The summed E-state index contributed by atoms with van der Waals surface area (Å²) in [6.45, 7) is 8.03. The summed E-state index contributed by atoms with van der Waals surface area (Å²) in [7, 11) is 0. The van der Waals surface area contributed by atoms with Crippen LogP contribution in [0.1, 0.15) is 40.5 Å². The van der Waals surface area contributed by atoms with E-state index in [4.69, 9.17) is 4.74 Å². The van der Waals surface area contributed by atoms with E-state index in [1.807, 2.05) is 13.8 Å². The van der Waals surface area contributed by atoms with Crippen LogP contribution in [-0.2, 0) is 14.3 Å². The molecule has 1 N–H and O–H groups in total. The second-order valence-electron chi connectivity index (χ2n) is 3.43. The fourth-order valence-corrected chi connectivity index (χ4v) is 1.62. The van der Waals surface area contributed by atoms with Gasteiger partial charge in [0.25, 0.3) is 0 Å². The molecule has 0 saturated carbocycles. The van der Waals surface area contributed by atoms with E-state index in [1.54, 1.807) is 0 Å². The third-order valence-corrected chi connectivity index (χ3v) is 2.44. The summed E-state index contributed by atoms with van der Waals surface area (Å²) < 4.78 is 5.15. The summed E-state index contributed by atoms with van der Waals surface area (Å²) in [5, 5.41) is 2.73. The van der Waals surface area contributed by atoms with E-state index < -0.39 is 5.54 Å². The van der Waals surface area contributed by atoms with Gasteiger partial charge in [-0.25, -0.2) is 0 Å². The number of amides is 1. The number of rotatable bonds is 2. The van der Waals surface area contributed by atoms with Crippen LogP contribution in [0.15, 0.2) is 0 Å². The molecule has 1 aliphatic rings. The van der Waals surface area contributed by atoms with Gasteiger partial charge in [0.05, 0.1) is 0 Å². The zero-order valence-corrected chi connectivity index (χ0v) is 10.1. The molecule has 15 heavy (non-hydrogen) atoms. The highest BCUT2D eigenvalue weighted by molar-refractivity contribution is 5.90. The minimum Gasteiger partial charge on any atom is -0.381 e. The Labute approximate surface area is 91.4 Å². The Morgan fingerprint density at radius 1 is 1.13 bits per heavy atom. The predicted molar refractivity (Wildman–Crippen MR) is 58.6 cm³/mol. The first kappa shape index (κ1) is 14.1. The maximum absolute atomic E-state index is 11.4. The highest BCUT2D eigenvalue weighted by Gasteiger charge is 2.37. The van der Waals surface area contributed by atoms with Gasteiger partial charge in [-0.05, 0) is 6.92 Å². The van der Waals surface area contributed by atoms with Crippen molar-refractivity contribution in [2.75, 3.05) is 13.2 Å². The summed E-state index contributed by atoms with van der Waals surface area (Å²) in [5.41, 5.74) is -0.663. The van der Waals surface area contributed by atoms with Crippen molar-refractivity contribution in [1.82, 2.24) is 5.32 Å². The molecule has 0 spiro atoms. The molecule has 0 atom stereocenters. The summed E-state index contributed by atoms with van der Waals surface area (Å²) in [6.07, 6.45) is 1.17. The average Bonchev–Trinajstić information content (AvgIpc) is 2.21. The highest BCUT2D eigenvalue weighted by Crippen LogP contribution is 2.21. The van der Waals surface area contributed by atoms with Crippen LogP contribution < -0.4 is 5.32 Å². The van der Waals surface area contributed by atoms with E-state index in [-0.39, 0.29) is 11.7 Å². The monoisotopic (exact) mass is 215 g/mol. The molecule has 4 heteroatoms. The number of nitrogens with one attached hydrogen (secondary N) is 1. The summed E-state index contributed by atoms with van der Waals surface area (Å²) in [4.78, 5) is 22.3. The van der Waals surface area contributed by atoms with Crippen LogP contribution in [0.2, 0.25) is 0 Å². The molecule has 88 valence electrons. The molecule has 1 saturated heterocycles. The third-order valence-electron chi connectivity index (χ3n) is 2.44. The summed E-state index contributed by atoms with van der Waals surface area (Å²) >= 11 is 0. The number of carbonyl (C=O) groups is 2. The fraction of sp³-hybridized carbons (Fsp3) is 0.818. The van der Waals surface area contributed by atoms with E-state index >= 15 is 0 Å². The van der Waals surface area contributed by atoms with Gasteiger partial charge in [0.15, 0.2) is 5.78 Å². The Hall–Kier alpha value is -0.900. The SMILES string of the molecule is CC.CC(=O)NC1(C(C)=O)CCOCC1. The highest BCUT2D eigenvalue weighted by atomic mass is 16.5. The second-order valence-corrected chi connectivity index (χ2v) is 3.43. The zero-order chi connectivity index (χ0) is 11.9. The number of hydrogen-bond acceptors (Lipinski definition) is 3. The number of hydrogen-bond donors (Lipinski definition) is 1. The molecule has 0 aliphatic carbocycles. The van der Waals surface area contributed by atoms with Crippen molar-refractivity contribution in [3.8, 4) is 0 Å². The molecular weight excluding hydrogens is 194 g/mol. The third kappa shape index (κ3) is 4.00. The lowest BCUT2D eigenvalue weighted by Gasteiger charge is -2.35. The van der Waals surface area contributed by atoms with E-state index in [0.29, 0.717) is 26.1 Å². The van der Waals surface area contributed by atoms with E-state index in [2.05, 4.69) is 5.32 Å². The van der Waals surface area contributed by atoms with E-state index in [9.17, 15) is 9.59 Å². The molecule has 1 heterocycles. The van der Waals surface area contributed by atoms with Crippen LogP contribution >= 0.6 is 0 Å². The quantitative estimate of drug-likeness (QED) is 0.755. The van der Waals surface area contributed by atoms with Gasteiger partial charge in [0.2, 0.25) is 5.91 Å². The van der Waals surface area contributed by atoms with Crippen LogP contribution in [0, 0.1) is 0 Å². The molecule has 1 aliphatic heterocycles. The topological polar surface area (TPSA) is 55.4 Å². The number of ether oxygens (including phenoxy) is 1. The summed E-state index contributed by atoms with van der Waals surface area (Å²) in [5.74, 6) is -0.136. The second kappa shape index (κ2) is 6.56. The maximum Gasteiger partial charge on any atom is 0.217 e. The number of ketones is 1. The molecule has 1 rings (SSSR count). The van der Waals surface area contributed by atoms with Crippen molar-refractivity contribution in [2.24, 2.45) is 0 Å². The normalized spacial score (nSPS) is 18.4. The van der Waals surface area contributed by atoms with Gasteiger partial charge < -0.3 is 10.1 Å². The Balaban J connectivity index is 0.000000921. The summed E-state index contributed by atoms with van der Waals surface area (Å²) in [6, 6.07) is 0. The molecule has 0 radical (unpaired) electrons. The van der Waals surface area contributed by atoms with Crippen LogP contribution in [0.3, 0.4) is 0 Å². The first-order valence-electron chi connectivity index (χ1n) is 5.44. The zero-order valence-electron chi connectivity index (χ0n) is 10.1. The van der Waals surface area contributed by atoms with Crippen LogP contribution in [0.4, 0.5) is 0 Å². The minimum absolute atomic E-state index is 0.0194. The van der Waals surface area contributed by atoms with Gasteiger partial charge in [-0.1, -0.05) is 13.8 Å². The Morgan fingerprint density at radius 3 is 1.93 bits per heavy atom. The van der Waals surface area contributed by atoms with Crippen molar-refractivity contribution in [2.45, 2.75) is 46.1 Å². The molecular formula is C11H21NO3. The molecule has 0 aromatic rings. The van der Waals surface area contributed by atoms with Gasteiger partial charge in [-0.15, -0.1) is 0 Å². The maximum atomic E-state index is 11.4. The van der Waals surface area contributed by atoms with Gasteiger partial charge in [0, 0.05) is 33.0 Å². The Kier molecular flexibility index (Phi) is 6.17. The molecule has 0 aromatic heterocycles. The van der Waals surface area contributed by atoms with Crippen molar-refractivity contribution in [1.29, 1.82) is 0 Å². The fourth-order valence-electron chi connectivity index (χ4n) is 1.62.